The first kappa shape index (κ1) is 22.6. The first-order valence-corrected chi connectivity index (χ1v) is 13.2. The Morgan fingerprint density at radius 2 is 1.43 bits per heavy atom. The van der Waals surface area contributed by atoms with E-state index >= 15 is 0 Å². The molecule has 0 unspecified atom stereocenters. The maximum absolute atomic E-state index is 2.70. The molecule has 3 rings (SSSR count). The van der Waals surface area contributed by atoms with Gasteiger partial charge in [0.2, 0.25) is 0 Å². The summed E-state index contributed by atoms with van der Waals surface area (Å²) in [6.45, 7) is 9.47. The predicted molar refractivity (Wildman–Crippen MR) is 133 cm³/mol. The van der Waals surface area contributed by atoms with Crippen LogP contribution in [-0.4, -0.2) is 3.42 Å². The number of alkyl halides is 1. The number of unbranched alkanes of at least 4 members (excludes halogenated alkanes) is 4. The Labute approximate surface area is 188 Å². The van der Waals surface area contributed by atoms with Crippen molar-refractivity contribution in [1.29, 1.82) is 0 Å². The highest BCUT2D eigenvalue weighted by Crippen LogP contribution is 2.52. The van der Waals surface area contributed by atoms with E-state index in [4.69, 9.17) is 0 Å². The van der Waals surface area contributed by atoms with Crippen LogP contribution >= 0.6 is 22.6 Å². The topological polar surface area (TPSA) is 0 Å². The maximum atomic E-state index is 2.70. The molecule has 2 saturated carbocycles. The van der Waals surface area contributed by atoms with Gasteiger partial charge in [0.15, 0.2) is 0 Å². The molecule has 2 aliphatic carbocycles. The van der Waals surface area contributed by atoms with E-state index in [1.165, 1.54) is 102 Å². The quantitative estimate of drug-likeness (QED) is 0.146. The Balaban J connectivity index is 1.44. The Bertz CT molecular complexity index is 649. The van der Waals surface area contributed by atoms with Gasteiger partial charge in [0.05, 0.1) is 0 Å². The summed E-state index contributed by atoms with van der Waals surface area (Å²) in [4.78, 5) is 0. The van der Waals surface area contributed by atoms with Crippen LogP contribution in [0.5, 0.6) is 0 Å². The summed E-state index contributed by atoms with van der Waals surface area (Å²) in [7, 11) is 0. The van der Waals surface area contributed by atoms with Crippen molar-refractivity contribution in [3.05, 3.63) is 33.9 Å². The van der Waals surface area contributed by atoms with Crippen LogP contribution in [0.15, 0.2) is 6.07 Å². The minimum Gasteiger partial charge on any atom is -0.0789 e. The number of halogens is 1. The lowest BCUT2D eigenvalue weighted by Crippen LogP contribution is -2.03. The van der Waals surface area contributed by atoms with Gasteiger partial charge in [-0.25, -0.2) is 0 Å². The van der Waals surface area contributed by atoms with Crippen molar-refractivity contribution in [3.63, 3.8) is 0 Å². The highest BCUT2D eigenvalue weighted by molar-refractivity contribution is 14.1. The number of hydrogen-bond donors (Lipinski definition) is 0. The van der Waals surface area contributed by atoms with Crippen LogP contribution in [-0.2, 0) is 12.8 Å². The highest BCUT2D eigenvalue weighted by Gasteiger charge is 2.39. The Morgan fingerprint density at radius 1 is 0.786 bits per heavy atom. The van der Waals surface area contributed by atoms with Gasteiger partial charge in [-0.3, -0.25) is 0 Å². The molecule has 0 saturated heterocycles. The molecule has 0 radical (unpaired) electrons. The molecule has 0 amide bonds. The predicted octanol–water partition coefficient (Wildman–Crippen LogP) is 8.98. The zero-order chi connectivity index (χ0) is 20.2. The van der Waals surface area contributed by atoms with Gasteiger partial charge in [-0.2, -0.15) is 0 Å². The minimum absolute atomic E-state index is 0.705. The van der Waals surface area contributed by atoms with Crippen molar-refractivity contribution in [2.45, 2.75) is 127 Å². The molecule has 0 bridgehead atoms. The van der Waals surface area contributed by atoms with Crippen molar-refractivity contribution < 1.29 is 0 Å². The van der Waals surface area contributed by atoms with Gasteiger partial charge in [-0.1, -0.05) is 67.7 Å². The Kier molecular flexibility index (Phi) is 7.95. The molecule has 0 spiro atoms. The van der Waals surface area contributed by atoms with Crippen LogP contribution in [0, 0.1) is 26.2 Å². The largest absolute Gasteiger partial charge is 0.0789 e. The van der Waals surface area contributed by atoms with Crippen LogP contribution in [0.25, 0.3) is 0 Å². The van der Waals surface area contributed by atoms with Gasteiger partial charge < -0.3 is 0 Å². The second-order valence-electron chi connectivity index (χ2n) is 10.2. The third kappa shape index (κ3) is 6.22. The van der Waals surface area contributed by atoms with E-state index in [2.05, 4.69) is 56.4 Å². The first-order valence-electron chi connectivity index (χ1n) is 12.2. The average molecular weight is 495 g/mol. The molecule has 0 atom stereocenters. The van der Waals surface area contributed by atoms with Gasteiger partial charge in [0, 0.05) is 3.42 Å². The Morgan fingerprint density at radius 3 is 2.04 bits per heavy atom. The smallest absolute Gasteiger partial charge is 0.0223 e. The summed E-state index contributed by atoms with van der Waals surface area (Å²) in [5, 5.41) is 0. The lowest BCUT2D eigenvalue weighted by atomic mass is 9.88. The van der Waals surface area contributed by atoms with Crippen LogP contribution in [0.2, 0.25) is 0 Å². The van der Waals surface area contributed by atoms with Gasteiger partial charge in [0.25, 0.3) is 0 Å². The van der Waals surface area contributed by atoms with Crippen molar-refractivity contribution in [2.24, 2.45) is 5.41 Å². The fraction of sp³-hybridized carbons (Fsp3) is 0.778. The lowest BCUT2D eigenvalue weighted by molar-refractivity contribution is 0.422. The molecule has 28 heavy (non-hydrogen) atoms. The van der Waals surface area contributed by atoms with Gasteiger partial charge in [-0.15, -0.1) is 0 Å². The van der Waals surface area contributed by atoms with E-state index in [0.29, 0.717) is 3.42 Å². The van der Waals surface area contributed by atoms with Crippen molar-refractivity contribution in [1.82, 2.24) is 0 Å². The third-order valence-electron chi connectivity index (χ3n) is 8.07. The van der Waals surface area contributed by atoms with Gasteiger partial charge in [0.1, 0.15) is 0 Å². The average Bonchev–Trinajstić information content (AvgIpc) is 3.60. The van der Waals surface area contributed by atoms with E-state index in [9.17, 15) is 0 Å². The third-order valence-corrected chi connectivity index (χ3v) is 9.69. The van der Waals surface area contributed by atoms with Gasteiger partial charge in [-0.05, 0) is 118 Å². The summed E-state index contributed by atoms with van der Waals surface area (Å²) in [6, 6.07) is 2.50. The summed E-state index contributed by atoms with van der Waals surface area (Å²) in [5.74, 6) is 0. The molecule has 0 heterocycles. The molecule has 2 aliphatic rings. The van der Waals surface area contributed by atoms with Crippen molar-refractivity contribution in [2.75, 3.05) is 0 Å². The second kappa shape index (κ2) is 9.84. The molecule has 0 nitrogen and oxygen atoms in total. The summed E-state index contributed by atoms with van der Waals surface area (Å²) in [5.41, 5.74) is 8.78. The normalized spacial score (nSPS) is 19.0. The number of rotatable bonds is 13. The molecular weight excluding hydrogens is 451 g/mol. The molecule has 1 aromatic carbocycles. The molecular formula is C27H43I. The molecule has 0 aromatic heterocycles. The number of aryl methyl sites for hydroxylation is 2. The Hall–Kier alpha value is -0.0500. The summed E-state index contributed by atoms with van der Waals surface area (Å²) >= 11 is 2.70. The van der Waals surface area contributed by atoms with E-state index in [1.807, 2.05) is 0 Å². The number of hydrogen-bond acceptors (Lipinski definition) is 0. The summed E-state index contributed by atoms with van der Waals surface area (Å²) in [6.07, 6.45) is 21.3. The molecule has 158 valence electrons. The van der Waals surface area contributed by atoms with Gasteiger partial charge >= 0.3 is 0 Å². The first-order chi connectivity index (χ1) is 13.4. The monoisotopic (exact) mass is 494 g/mol. The second-order valence-corrected chi connectivity index (χ2v) is 12.5. The van der Waals surface area contributed by atoms with Crippen LogP contribution in [0.4, 0.5) is 0 Å². The zero-order valence-electron chi connectivity index (χ0n) is 19.1. The van der Waals surface area contributed by atoms with Crippen LogP contribution in [0.3, 0.4) is 0 Å². The fourth-order valence-corrected chi connectivity index (χ4v) is 5.73. The molecule has 1 heteroatoms. The standard InChI is InChI=1S/C27H43I/c1-5-26(16-17-26)14-10-6-8-12-24-20-21(2)22(3)25(23(24)4)13-9-7-11-15-27(28)18-19-27/h20H,5-19H2,1-4H3. The van der Waals surface area contributed by atoms with Crippen LogP contribution < -0.4 is 0 Å². The fourth-order valence-electron chi connectivity index (χ4n) is 5.08. The molecule has 0 aliphatic heterocycles. The molecule has 0 N–H and O–H groups in total. The van der Waals surface area contributed by atoms with E-state index < -0.39 is 0 Å². The number of benzene rings is 1. The van der Waals surface area contributed by atoms with E-state index in [1.54, 1.807) is 22.3 Å². The lowest BCUT2D eigenvalue weighted by Gasteiger charge is -2.18. The minimum atomic E-state index is 0.705. The SMILES string of the molecule is CCC1(CCCCCc2cc(C)c(C)c(CCCCCC3(I)CC3)c2C)CC1. The zero-order valence-corrected chi connectivity index (χ0v) is 21.2. The molecule has 1 aromatic rings. The van der Waals surface area contributed by atoms with Crippen LogP contribution in [0.1, 0.15) is 118 Å². The molecule has 2 fully saturated rings. The van der Waals surface area contributed by atoms with Crippen molar-refractivity contribution >= 4 is 22.6 Å². The van der Waals surface area contributed by atoms with Crippen molar-refractivity contribution in [3.8, 4) is 0 Å². The van der Waals surface area contributed by atoms with E-state index in [0.717, 1.165) is 5.41 Å². The highest BCUT2D eigenvalue weighted by atomic mass is 127. The summed E-state index contributed by atoms with van der Waals surface area (Å²) < 4.78 is 0.705. The maximum Gasteiger partial charge on any atom is 0.0223 e. The van der Waals surface area contributed by atoms with E-state index in [-0.39, 0.29) is 0 Å².